The molecule has 0 spiro atoms. The molecule has 0 radical (unpaired) electrons. The number of hydrogen-bond acceptors (Lipinski definition) is 2. The van der Waals surface area contributed by atoms with Crippen LogP contribution in [0, 0.1) is 23.7 Å². The normalized spacial score (nSPS) is 56.2. The smallest absolute Gasteiger partial charge is 0.0353 e. The maximum atomic E-state index is 8.96. The predicted molar refractivity (Wildman–Crippen MR) is 45.8 cm³/mol. The second-order valence-electron chi connectivity index (χ2n) is 4.89. The third kappa shape index (κ3) is 0.775. The van der Waals surface area contributed by atoms with E-state index in [1.165, 1.54) is 32.1 Å². The standard InChI is InChI=1S/C10H17NO/c12-11-10-5-6-4-9(10)8-3-1-2-7(6)8/h6-12H,1-5H2. The zero-order valence-corrected chi connectivity index (χ0v) is 7.37. The van der Waals surface area contributed by atoms with Gasteiger partial charge in [0.05, 0.1) is 0 Å². The summed E-state index contributed by atoms with van der Waals surface area (Å²) in [5.41, 5.74) is 2.51. The van der Waals surface area contributed by atoms with Gasteiger partial charge < -0.3 is 5.21 Å². The van der Waals surface area contributed by atoms with Gasteiger partial charge in [0.15, 0.2) is 0 Å². The Bertz CT molecular complexity index is 192. The van der Waals surface area contributed by atoms with Crippen LogP contribution >= 0.6 is 0 Å². The summed E-state index contributed by atoms with van der Waals surface area (Å²) in [5.74, 6) is 3.77. The molecule has 0 aliphatic heterocycles. The summed E-state index contributed by atoms with van der Waals surface area (Å²) in [6, 6.07) is 0.439. The molecule has 3 aliphatic rings. The number of rotatable bonds is 1. The zero-order valence-electron chi connectivity index (χ0n) is 7.37. The van der Waals surface area contributed by atoms with Gasteiger partial charge in [0.1, 0.15) is 0 Å². The fraction of sp³-hybridized carbons (Fsp3) is 1.00. The molecule has 0 aromatic heterocycles. The number of hydrogen-bond donors (Lipinski definition) is 2. The molecule has 5 unspecified atom stereocenters. The van der Waals surface area contributed by atoms with E-state index >= 15 is 0 Å². The molecular formula is C10H17NO. The van der Waals surface area contributed by atoms with Gasteiger partial charge in [-0.1, -0.05) is 6.42 Å². The Morgan fingerprint density at radius 1 is 1.00 bits per heavy atom. The number of fused-ring (bicyclic) bond motifs is 5. The maximum Gasteiger partial charge on any atom is 0.0353 e. The first-order valence-corrected chi connectivity index (χ1v) is 5.30. The lowest BCUT2D eigenvalue weighted by Crippen LogP contribution is -2.37. The summed E-state index contributed by atoms with van der Waals surface area (Å²) < 4.78 is 0. The minimum Gasteiger partial charge on any atom is -0.317 e. The molecule has 5 atom stereocenters. The first-order valence-electron chi connectivity index (χ1n) is 5.30. The zero-order chi connectivity index (χ0) is 8.13. The fourth-order valence-electron chi connectivity index (χ4n) is 4.22. The van der Waals surface area contributed by atoms with E-state index in [0.717, 1.165) is 23.7 Å². The van der Waals surface area contributed by atoms with Gasteiger partial charge in [-0.05, 0) is 49.4 Å². The van der Waals surface area contributed by atoms with E-state index in [2.05, 4.69) is 5.48 Å². The van der Waals surface area contributed by atoms with Crippen molar-refractivity contribution in [3.63, 3.8) is 0 Å². The van der Waals surface area contributed by atoms with Crippen molar-refractivity contribution < 1.29 is 5.21 Å². The summed E-state index contributed by atoms with van der Waals surface area (Å²) in [6.45, 7) is 0. The largest absolute Gasteiger partial charge is 0.317 e. The van der Waals surface area contributed by atoms with Crippen LogP contribution in [0.1, 0.15) is 32.1 Å². The van der Waals surface area contributed by atoms with Gasteiger partial charge in [0, 0.05) is 6.04 Å². The molecule has 68 valence electrons. The Labute approximate surface area is 73.3 Å². The summed E-state index contributed by atoms with van der Waals surface area (Å²) in [7, 11) is 0. The van der Waals surface area contributed by atoms with Crippen LogP contribution in [0.3, 0.4) is 0 Å². The Balaban J connectivity index is 1.83. The van der Waals surface area contributed by atoms with Crippen LogP contribution in [0.25, 0.3) is 0 Å². The SMILES string of the molecule is ONC1CC2CC1C1CCCC21. The van der Waals surface area contributed by atoms with Crippen molar-refractivity contribution in [3.05, 3.63) is 0 Å². The predicted octanol–water partition coefficient (Wildman–Crippen LogP) is 1.79. The van der Waals surface area contributed by atoms with Gasteiger partial charge >= 0.3 is 0 Å². The van der Waals surface area contributed by atoms with Gasteiger partial charge in [-0.3, -0.25) is 0 Å². The third-order valence-electron chi connectivity index (χ3n) is 4.59. The minimum absolute atomic E-state index is 0.439. The molecular weight excluding hydrogens is 150 g/mol. The van der Waals surface area contributed by atoms with Crippen molar-refractivity contribution in [1.29, 1.82) is 0 Å². The van der Waals surface area contributed by atoms with E-state index in [-0.39, 0.29) is 0 Å². The molecule has 12 heavy (non-hydrogen) atoms. The van der Waals surface area contributed by atoms with Crippen molar-refractivity contribution in [2.24, 2.45) is 23.7 Å². The van der Waals surface area contributed by atoms with Crippen molar-refractivity contribution in [1.82, 2.24) is 5.48 Å². The van der Waals surface area contributed by atoms with Crippen molar-refractivity contribution >= 4 is 0 Å². The highest BCUT2D eigenvalue weighted by Crippen LogP contribution is 2.58. The average Bonchev–Trinajstić information content (AvgIpc) is 2.75. The molecule has 0 aromatic rings. The molecule has 3 saturated carbocycles. The average molecular weight is 167 g/mol. The first-order chi connectivity index (χ1) is 5.90. The van der Waals surface area contributed by atoms with Crippen LogP contribution in [-0.4, -0.2) is 11.2 Å². The Morgan fingerprint density at radius 2 is 1.83 bits per heavy atom. The molecule has 2 nitrogen and oxygen atoms in total. The lowest BCUT2D eigenvalue weighted by atomic mass is 9.79. The highest BCUT2D eigenvalue weighted by atomic mass is 16.5. The molecule has 2 N–H and O–H groups in total. The van der Waals surface area contributed by atoms with Crippen LogP contribution in [0.15, 0.2) is 0 Å². The van der Waals surface area contributed by atoms with Crippen molar-refractivity contribution in [2.75, 3.05) is 0 Å². The molecule has 2 heteroatoms. The van der Waals surface area contributed by atoms with E-state index in [1.54, 1.807) is 0 Å². The van der Waals surface area contributed by atoms with Crippen LogP contribution in [0.2, 0.25) is 0 Å². The molecule has 2 bridgehead atoms. The van der Waals surface area contributed by atoms with E-state index < -0.39 is 0 Å². The highest BCUT2D eigenvalue weighted by Gasteiger charge is 2.53. The summed E-state index contributed by atoms with van der Waals surface area (Å²) in [5, 5.41) is 8.96. The van der Waals surface area contributed by atoms with Gasteiger partial charge in [-0.15, -0.1) is 0 Å². The van der Waals surface area contributed by atoms with Crippen LogP contribution in [-0.2, 0) is 0 Å². The Kier molecular flexibility index (Phi) is 1.50. The van der Waals surface area contributed by atoms with Crippen molar-refractivity contribution in [2.45, 2.75) is 38.1 Å². The lowest BCUT2D eigenvalue weighted by molar-refractivity contribution is 0.0715. The highest BCUT2D eigenvalue weighted by molar-refractivity contribution is 5.04. The quantitative estimate of drug-likeness (QED) is 0.583. The molecule has 0 saturated heterocycles. The van der Waals surface area contributed by atoms with E-state index in [1.807, 2.05) is 0 Å². The fourth-order valence-corrected chi connectivity index (χ4v) is 4.22. The van der Waals surface area contributed by atoms with E-state index in [9.17, 15) is 0 Å². The summed E-state index contributed by atoms with van der Waals surface area (Å²) in [6.07, 6.45) is 6.99. The molecule has 3 rings (SSSR count). The van der Waals surface area contributed by atoms with Gasteiger partial charge in [0.2, 0.25) is 0 Å². The van der Waals surface area contributed by atoms with Gasteiger partial charge in [-0.2, -0.15) is 0 Å². The van der Waals surface area contributed by atoms with Crippen LogP contribution < -0.4 is 5.48 Å². The maximum absolute atomic E-state index is 8.96. The molecule has 0 heterocycles. The lowest BCUT2D eigenvalue weighted by Gasteiger charge is -2.30. The molecule has 3 fully saturated rings. The van der Waals surface area contributed by atoms with Gasteiger partial charge in [-0.25, -0.2) is 5.48 Å². The van der Waals surface area contributed by atoms with Crippen LogP contribution in [0.4, 0.5) is 0 Å². The van der Waals surface area contributed by atoms with E-state index in [0.29, 0.717) is 6.04 Å². The molecule has 0 aromatic carbocycles. The topological polar surface area (TPSA) is 32.3 Å². The van der Waals surface area contributed by atoms with E-state index in [4.69, 9.17) is 5.21 Å². The summed E-state index contributed by atoms with van der Waals surface area (Å²) >= 11 is 0. The van der Waals surface area contributed by atoms with Crippen molar-refractivity contribution in [3.8, 4) is 0 Å². The number of nitrogens with one attached hydrogen (secondary N) is 1. The minimum atomic E-state index is 0.439. The third-order valence-corrected chi connectivity index (χ3v) is 4.59. The monoisotopic (exact) mass is 167 g/mol. The number of hydroxylamine groups is 1. The van der Waals surface area contributed by atoms with Gasteiger partial charge in [0.25, 0.3) is 0 Å². The second kappa shape index (κ2) is 2.46. The Hall–Kier alpha value is -0.0800. The molecule has 0 amide bonds. The Morgan fingerprint density at radius 3 is 2.67 bits per heavy atom. The van der Waals surface area contributed by atoms with Crippen LogP contribution in [0.5, 0.6) is 0 Å². The molecule has 3 aliphatic carbocycles. The summed E-state index contributed by atoms with van der Waals surface area (Å²) in [4.78, 5) is 0. The second-order valence-corrected chi connectivity index (χ2v) is 4.89. The first kappa shape index (κ1) is 7.34.